The number of nitrogens with zero attached hydrogens (tertiary/aromatic N) is 7. The molecule has 3 fully saturated rings. The summed E-state index contributed by atoms with van der Waals surface area (Å²) < 4.78 is 2.16. The highest BCUT2D eigenvalue weighted by atomic mass is 15.6. The van der Waals surface area contributed by atoms with Crippen LogP contribution in [0.3, 0.4) is 0 Å². The Labute approximate surface area is 192 Å². The second-order valence-electron chi connectivity index (χ2n) is 10.2. The lowest BCUT2D eigenvalue weighted by molar-refractivity contribution is 0.0615. The van der Waals surface area contributed by atoms with Crippen LogP contribution in [0.2, 0.25) is 0 Å². The number of hydrogen-bond acceptors (Lipinski definition) is 6. The quantitative estimate of drug-likeness (QED) is 0.683. The second-order valence-corrected chi connectivity index (χ2v) is 10.2. The first-order chi connectivity index (χ1) is 15.7. The lowest BCUT2D eigenvalue weighted by Crippen LogP contribution is -2.52. The third-order valence-electron chi connectivity index (χ3n) is 7.96. The Morgan fingerprint density at radius 2 is 1.44 bits per heavy atom. The molecule has 1 atom stereocenters. The molecule has 1 aliphatic heterocycles. The molecule has 2 aliphatic carbocycles. The van der Waals surface area contributed by atoms with Gasteiger partial charge in [0.05, 0.1) is 12.1 Å². The van der Waals surface area contributed by atoms with E-state index < -0.39 is 0 Å². The zero-order valence-corrected chi connectivity index (χ0v) is 19.9. The van der Waals surface area contributed by atoms with Gasteiger partial charge in [-0.2, -0.15) is 0 Å². The highest BCUT2D eigenvalue weighted by Gasteiger charge is 2.34. The van der Waals surface area contributed by atoms with E-state index in [-0.39, 0.29) is 6.04 Å². The van der Waals surface area contributed by atoms with E-state index in [1.807, 2.05) is 0 Å². The van der Waals surface area contributed by atoms with Crippen LogP contribution in [0.4, 0.5) is 5.69 Å². The molecule has 2 saturated carbocycles. The van der Waals surface area contributed by atoms with Gasteiger partial charge in [0.2, 0.25) is 0 Å². The first kappa shape index (κ1) is 21.8. The highest BCUT2D eigenvalue weighted by Crippen LogP contribution is 2.35. The van der Waals surface area contributed by atoms with Crippen LogP contribution in [-0.2, 0) is 0 Å². The molecule has 7 nitrogen and oxygen atoms in total. The van der Waals surface area contributed by atoms with Crippen molar-refractivity contribution in [2.24, 2.45) is 0 Å². The van der Waals surface area contributed by atoms with E-state index in [1.165, 1.54) is 69.0 Å². The fourth-order valence-electron chi connectivity index (χ4n) is 6.07. The van der Waals surface area contributed by atoms with Crippen LogP contribution in [0.5, 0.6) is 0 Å². The lowest BCUT2D eigenvalue weighted by Gasteiger charge is -2.43. The molecule has 0 radical (unpaired) electrons. The fourth-order valence-corrected chi connectivity index (χ4v) is 6.07. The maximum absolute atomic E-state index is 4.62. The molecule has 5 rings (SSSR count). The molecule has 1 aromatic carbocycles. The lowest BCUT2D eigenvalue weighted by atomic mass is 9.93. The van der Waals surface area contributed by atoms with E-state index >= 15 is 0 Å². The van der Waals surface area contributed by atoms with E-state index in [2.05, 4.69) is 73.3 Å². The number of piperazine rings is 1. The SMILES string of the molecule is CN(C)c1ccc([C@H](c2nnnn2C2CCCC2)N2CCN(C3CCCCC3)CC2)cc1. The summed E-state index contributed by atoms with van der Waals surface area (Å²) in [6.07, 6.45) is 12.0. The zero-order chi connectivity index (χ0) is 21.9. The predicted molar refractivity (Wildman–Crippen MR) is 128 cm³/mol. The number of rotatable bonds is 6. The zero-order valence-electron chi connectivity index (χ0n) is 19.9. The Balaban J connectivity index is 1.40. The molecule has 0 unspecified atom stereocenters. The molecule has 0 N–H and O–H groups in total. The first-order valence-corrected chi connectivity index (χ1v) is 12.7. The van der Waals surface area contributed by atoms with E-state index in [1.54, 1.807) is 0 Å². The molecule has 3 aliphatic rings. The van der Waals surface area contributed by atoms with Crippen molar-refractivity contribution in [1.29, 1.82) is 0 Å². The Kier molecular flexibility index (Phi) is 6.74. The first-order valence-electron chi connectivity index (χ1n) is 12.7. The molecule has 32 heavy (non-hydrogen) atoms. The van der Waals surface area contributed by atoms with E-state index in [4.69, 9.17) is 0 Å². The van der Waals surface area contributed by atoms with Crippen molar-refractivity contribution in [3.8, 4) is 0 Å². The van der Waals surface area contributed by atoms with Crippen molar-refractivity contribution < 1.29 is 0 Å². The fraction of sp³-hybridized carbons (Fsp3) is 0.720. The van der Waals surface area contributed by atoms with Crippen molar-refractivity contribution in [3.63, 3.8) is 0 Å². The number of anilines is 1. The van der Waals surface area contributed by atoms with Crippen molar-refractivity contribution >= 4 is 5.69 Å². The van der Waals surface area contributed by atoms with Gasteiger partial charge in [0.25, 0.3) is 0 Å². The maximum Gasteiger partial charge on any atom is 0.173 e. The van der Waals surface area contributed by atoms with Gasteiger partial charge in [-0.1, -0.05) is 44.2 Å². The van der Waals surface area contributed by atoms with Crippen molar-refractivity contribution in [2.75, 3.05) is 45.2 Å². The molecule has 1 saturated heterocycles. The van der Waals surface area contributed by atoms with Gasteiger partial charge in [-0.25, -0.2) is 4.68 Å². The Morgan fingerprint density at radius 3 is 2.09 bits per heavy atom. The highest BCUT2D eigenvalue weighted by molar-refractivity contribution is 5.47. The smallest absolute Gasteiger partial charge is 0.173 e. The average molecular weight is 438 g/mol. The van der Waals surface area contributed by atoms with Crippen LogP contribution in [0, 0.1) is 0 Å². The van der Waals surface area contributed by atoms with Gasteiger partial charge < -0.3 is 4.90 Å². The number of hydrogen-bond donors (Lipinski definition) is 0. The summed E-state index contributed by atoms with van der Waals surface area (Å²) in [5.74, 6) is 1.03. The molecule has 0 bridgehead atoms. The van der Waals surface area contributed by atoms with Gasteiger partial charge in [-0.05, 0) is 53.8 Å². The Bertz CT molecular complexity index is 841. The second kappa shape index (κ2) is 9.87. The molecule has 2 heterocycles. The topological polar surface area (TPSA) is 53.3 Å². The number of tetrazole rings is 1. The summed E-state index contributed by atoms with van der Waals surface area (Å²) in [5, 5.41) is 13.3. The summed E-state index contributed by atoms with van der Waals surface area (Å²) in [4.78, 5) is 7.53. The summed E-state index contributed by atoms with van der Waals surface area (Å²) in [6.45, 7) is 4.46. The molecule has 0 spiro atoms. The Morgan fingerprint density at radius 1 is 0.812 bits per heavy atom. The molecule has 7 heteroatoms. The van der Waals surface area contributed by atoms with E-state index in [9.17, 15) is 0 Å². The number of aromatic nitrogens is 4. The van der Waals surface area contributed by atoms with Gasteiger partial charge in [0.15, 0.2) is 5.82 Å². The van der Waals surface area contributed by atoms with Crippen LogP contribution in [0.15, 0.2) is 24.3 Å². The predicted octanol–water partition coefficient (Wildman–Crippen LogP) is 3.89. The van der Waals surface area contributed by atoms with Gasteiger partial charge in [0, 0.05) is 52.0 Å². The van der Waals surface area contributed by atoms with Crippen LogP contribution >= 0.6 is 0 Å². The molecule has 0 amide bonds. The van der Waals surface area contributed by atoms with Crippen LogP contribution in [-0.4, -0.2) is 76.3 Å². The molecule has 174 valence electrons. The minimum Gasteiger partial charge on any atom is -0.378 e. The van der Waals surface area contributed by atoms with E-state index in [0.29, 0.717) is 6.04 Å². The molecule has 1 aromatic heterocycles. The van der Waals surface area contributed by atoms with Crippen LogP contribution in [0.25, 0.3) is 0 Å². The Hall–Kier alpha value is -1.99. The summed E-state index contributed by atoms with van der Waals surface area (Å²) in [7, 11) is 4.19. The third-order valence-corrected chi connectivity index (χ3v) is 7.96. The molecular formula is C25H39N7. The number of benzene rings is 1. The van der Waals surface area contributed by atoms with Crippen molar-refractivity contribution in [1.82, 2.24) is 30.0 Å². The monoisotopic (exact) mass is 437 g/mol. The summed E-state index contributed by atoms with van der Waals surface area (Å²) in [6, 6.07) is 10.4. The van der Waals surface area contributed by atoms with Gasteiger partial charge in [-0.15, -0.1) is 5.10 Å². The molecular weight excluding hydrogens is 398 g/mol. The average Bonchev–Trinajstić information content (AvgIpc) is 3.53. The van der Waals surface area contributed by atoms with Crippen molar-refractivity contribution in [3.05, 3.63) is 35.7 Å². The van der Waals surface area contributed by atoms with Crippen LogP contribution in [0.1, 0.15) is 81.3 Å². The minimum atomic E-state index is 0.121. The molecule has 2 aromatic rings. The summed E-state index contributed by atoms with van der Waals surface area (Å²) in [5.41, 5.74) is 2.53. The normalized spacial score (nSPS) is 22.9. The maximum atomic E-state index is 4.62. The third kappa shape index (κ3) is 4.55. The standard InChI is InChI=1S/C25H39N7/c1-29(2)21-14-12-20(13-15-21)24(25-26-27-28-32(25)23-10-6-7-11-23)31-18-16-30(17-19-31)22-8-4-3-5-9-22/h12-15,22-24H,3-11,16-19H2,1-2H3/t24-/m1/s1. The van der Waals surface area contributed by atoms with E-state index in [0.717, 1.165) is 38.0 Å². The summed E-state index contributed by atoms with van der Waals surface area (Å²) >= 11 is 0. The van der Waals surface area contributed by atoms with Gasteiger partial charge in [0.1, 0.15) is 0 Å². The van der Waals surface area contributed by atoms with Crippen molar-refractivity contribution in [2.45, 2.75) is 75.9 Å². The van der Waals surface area contributed by atoms with Gasteiger partial charge >= 0.3 is 0 Å². The van der Waals surface area contributed by atoms with Crippen LogP contribution < -0.4 is 4.90 Å². The largest absolute Gasteiger partial charge is 0.378 e. The van der Waals surface area contributed by atoms with Gasteiger partial charge in [-0.3, -0.25) is 9.80 Å². The minimum absolute atomic E-state index is 0.121.